The Morgan fingerprint density at radius 3 is 2.08 bits per heavy atom. The quantitative estimate of drug-likeness (QED) is 0.683. The molecule has 3 nitrogen and oxygen atoms in total. The molecule has 0 aromatic rings. The van der Waals surface area contributed by atoms with Gasteiger partial charge in [0.05, 0.1) is 5.57 Å². The van der Waals surface area contributed by atoms with E-state index in [1.807, 2.05) is 34.9 Å². The normalized spacial score (nSPS) is 12.8. The molecule has 0 aromatic heterocycles. The Kier molecular flexibility index (Phi) is 3.98. The Hall–Kier alpha value is -0.990. The average Bonchev–Trinajstić information content (AvgIpc) is 1.81. The third-order valence-corrected chi connectivity index (χ3v) is 1.41. The summed E-state index contributed by atoms with van der Waals surface area (Å²) < 4.78 is 0. The standard InChI is InChI=1S/C10H19NO2/c1-10(2,3)6-8(9(12)13)7-11(4)5/h7H,6H2,1-5H3,(H,12,13). The van der Waals surface area contributed by atoms with Crippen molar-refractivity contribution in [2.75, 3.05) is 14.1 Å². The molecular weight excluding hydrogens is 166 g/mol. The van der Waals surface area contributed by atoms with Crippen LogP contribution in [0.15, 0.2) is 11.8 Å². The highest BCUT2D eigenvalue weighted by Crippen LogP contribution is 2.24. The van der Waals surface area contributed by atoms with E-state index >= 15 is 0 Å². The predicted octanol–water partition coefficient (Wildman–Crippen LogP) is 1.95. The van der Waals surface area contributed by atoms with Crippen LogP contribution in [0.5, 0.6) is 0 Å². The molecule has 0 bridgehead atoms. The van der Waals surface area contributed by atoms with E-state index < -0.39 is 5.97 Å². The Morgan fingerprint density at radius 2 is 1.85 bits per heavy atom. The molecular formula is C10H19NO2. The van der Waals surface area contributed by atoms with Gasteiger partial charge in [-0.2, -0.15) is 0 Å². The zero-order chi connectivity index (χ0) is 10.6. The van der Waals surface area contributed by atoms with Gasteiger partial charge < -0.3 is 10.0 Å². The van der Waals surface area contributed by atoms with E-state index in [-0.39, 0.29) is 5.41 Å². The number of hydrogen-bond acceptors (Lipinski definition) is 2. The third-order valence-electron chi connectivity index (χ3n) is 1.41. The molecule has 0 atom stereocenters. The summed E-state index contributed by atoms with van der Waals surface area (Å²) in [6, 6.07) is 0. The van der Waals surface area contributed by atoms with Crippen molar-refractivity contribution in [2.24, 2.45) is 5.41 Å². The first-order valence-corrected chi connectivity index (χ1v) is 4.33. The summed E-state index contributed by atoms with van der Waals surface area (Å²) in [5.74, 6) is -0.830. The largest absolute Gasteiger partial charge is 0.478 e. The Balaban J connectivity index is 4.55. The highest BCUT2D eigenvalue weighted by Gasteiger charge is 2.17. The van der Waals surface area contributed by atoms with Gasteiger partial charge in [-0.25, -0.2) is 4.79 Å². The van der Waals surface area contributed by atoms with Crippen LogP contribution in [0.2, 0.25) is 0 Å². The van der Waals surface area contributed by atoms with Crippen molar-refractivity contribution in [1.82, 2.24) is 4.90 Å². The van der Waals surface area contributed by atoms with E-state index in [4.69, 9.17) is 5.11 Å². The molecule has 0 radical (unpaired) electrons. The molecule has 1 N–H and O–H groups in total. The van der Waals surface area contributed by atoms with E-state index in [2.05, 4.69) is 0 Å². The topological polar surface area (TPSA) is 40.5 Å². The van der Waals surface area contributed by atoms with Gasteiger partial charge >= 0.3 is 5.97 Å². The van der Waals surface area contributed by atoms with Gasteiger partial charge in [-0.1, -0.05) is 20.8 Å². The summed E-state index contributed by atoms with van der Waals surface area (Å²) in [5.41, 5.74) is 0.470. The SMILES string of the molecule is CN(C)C=C(CC(C)(C)C)C(=O)O. The van der Waals surface area contributed by atoms with E-state index in [0.717, 1.165) is 0 Å². The zero-order valence-corrected chi connectivity index (χ0v) is 9.09. The Morgan fingerprint density at radius 1 is 1.38 bits per heavy atom. The maximum atomic E-state index is 10.8. The first kappa shape index (κ1) is 12.0. The molecule has 13 heavy (non-hydrogen) atoms. The van der Waals surface area contributed by atoms with E-state index in [0.29, 0.717) is 12.0 Å². The van der Waals surface area contributed by atoms with Gasteiger partial charge in [0, 0.05) is 20.3 Å². The lowest BCUT2D eigenvalue weighted by molar-refractivity contribution is -0.133. The van der Waals surface area contributed by atoms with Crippen molar-refractivity contribution in [3.8, 4) is 0 Å². The Bertz CT molecular complexity index is 211. The monoisotopic (exact) mass is 185 g/mol. The number of nitrogens with zero attached hydrogens (tertiary/aromatic N) is 1. The van der Waals surface area contributed by atoms with E-state index in [1.54, 1.807) is 11.1 Å². The van der Waals surface area contributed by atoms with Crippen LogP contribution in [0, 0.1) is 5.41 Å². The molecule has 0 aliphatic heterocycles. The van der Waals surface area contributed by atoms with Crippen molar-refractivity contribution >= 4 is 5.97 Å². The van der Waals surface area contributed by atoms with Crippen molar-refractivity contribution in [3.05, 3.63) is 11.8 Å². The second-order valence-electron chi connectivity index (χ2n) is 4.66. The summed E-state index contributed by atoms with van der Waals surface area (Å²) >= 11 is 0. The fraction of sp³-hybridized carbons (Fsp3) is 0.700. The minimum atomic E-state index is -0.830. The minimum Gasteiger partial charge on any atom is -0.478 e. The van der Waals surface area contributed by atoms with Crippen molar-refractivity contribution in [3.63, 3.8) is 0 Å². The number of rotatable bonds is 3. The van der Waals surface area contributed by atoms with Crippen LogP contribution in [0.25, 0.3) is 0 Å². The second kappa shape index (κ2) is 4.30. The number of aliphatic carboxylic acids is 1. The summed E-state index contributed by atoms with van der Waals surface area (Å²) in [7, 11) is 3.65. The molecule has 0 saturated carbocycles. The van der Waals surface area contributed by atoms with Crippen LogP contribution < -0.4 is 0 Å². The molecule has 0 spiro atoms. The highest BCUT2D eigenvalue weighted by atomic mass is 16.4. The first-order valence-electron chi connectivity index (χ1n) is 4.33. The maximum absolute atomic E-state index is 10.8. The third kappa shape index (κ3) is 6.20. The van der Waals surface area contributed by atoms with Gasteiger partial charge in [0.15, 0.2) is 0 Å². The minimum absolute atomic E-state index is 0.0141. The number of carboxylic acid groups (broad SMARTS) is 1. The number of hydrogen-bond donors (Lipinski definition) is 1. The molecule has 0 unspecified atom stereocenters. The lowest BCUT2D eigenvalue weighted by Crippen LogP contribution is -2.15. The van der Waals surface area contributed by atoms with Gasteiger partial charge in [-0.05, 0) is 11.8 Å². The number of carbonyl (C=O) groups is 1. The summed E-state index contributed by atoms with van der Waals surface area (Å²) in [5, 5.41) is 8.89. The predicted molar refractivity (Wildman–Crippen MR) is 53.5 cm³/mol. The lowest BCUT2D eigenvalue weighted by atomic mass is 9.88. The molecule has 3 heteroatoms. The smallest absolute Gasteiger partial charge is 0.333 e. The van der Waals surface area contributed by atoms with Gasteiger partial charge in [0.2, 0.25) is 0 Å². The fourth-order valence-electron chi connectivity index (χ4n) is 1.06. The number of carboxylic acids is 1. The molecule has 0 saturated heterocycles. The maximum Gasteiger partial charge on any atom is 0.333 e. The summed E-state index contributed by atoms with van der Waals surface area (Å²) in [6.45, 7) is 6.08. The lowest BCUT2D eigenvalue weighted by Gasteiger charge is -2.19. The van der Waals surface area contributed by atoms with Crippen molar-refractivity contribution < 1.29 is 9.90 Å². The van der Waals surface area contributed by atoms with Gasteiger partial charge in [-0.15, -0.1) is 0 Å². The average molecular weight is 185 g/mol. The van der Waals surface area contributed by atoms with Gasteiger partial charge in [0.25, 0.3) is 0 Å². The van der Waals surface area contributed by atoms with Gasteiger partial charge in [0.1, 0.15) is 0 Å². The van der Waals surface area contributed by atoms with E-state index in [9.17, 15) is 4.79 Å². The van der Waals surface area contributed by atoms with Crippen LogP contribution >= 0.6 is 0 Å². The fourth-order valence-corrected chi connectivity index (χ4v) is 1.06. The molecule has 0 aromatic carbocycles. The summed E-state index contributed by atoms with van der Waals surface area (Å²) in [6.07, 6.45) is 2.24. The molecule has 0 rings (SSSR count). The van der Waals surface area contributed by atoms with E-state index in [1.165, 1.54) is 0 Å². The molecule has 76 valence electrons. The molecule has 0 amide bonds. The van der Waals surface area contributed by atoms with Crippen molar-refractivity contribution in [2.45, 2.75) is 27.2 Å². The van der Waals surface area contributed by atoms with Crippen LogP contribution in [0.1, 0.15) is 27.2 Å². The van der Waals surface area contributed by atoms with Crippen molar-refractivity contribution in [1.29, 1.82) is 0 Å². The second-order valence-corrected chi connectivity index (χ2v) is 4.66. The van der Waals surface area contributed by atoms with Crippen LogP contribution in [0.4, 0.5) is 0 Å². The highest BCUT2D eigenvalue weighted by molar-refractivity contribution is 5.86. The Labute approximate surface area is 80.0 Å². The van der Waals surface area contributed by atoms with Gasteiger partial charge in [-0.3, -0.25) is 0 Å². The molecule has 0 aliphatic rings. The van der Waals surface area contributed by atoms with Crippen LogP contribution in [-0.2, 0) is 4.79 Å². The van der Waals surface area contributed by atoms with Crippen LogP contribution in [0.3, 0.4) is 0 Å². The first-order chi connectivity index (χ1) is 5.72. The molecule has 0 aliphatic carbocycles. The van der Waals surface area contributed by atoms with Crippen LogP contribution in [-0.4, -0.2) is 30.1 Å². The zero-order valence-electron chi connectivity index (χ0n) is 9.09. The molecule has 0 fully saturated rings. The summed E-state index contributed by atoms with van der Waals surface area (Å²) in [4.78, 5) is 12.6. The molecule has 0 heterocycles.